The number of aryl methyl sites for hydroxylation is 2. The Labute approximate surface area is 123 Å². The Bertz CT molecular complexity index is 621. The number of thiophene rings is 1. The van der Waals surface area contributed by atoms with Gasteiger partial charge in [0, 0.05) is 9.75 Å². The van der Waals surface area contributed by atoms with Crippen LogP contribution in [0.25, 0.3) is 0 Å². The summed E-state index contributed by atoms with van der Waals surface area (Å²) in [5.41, 5.74) is 2.57. The van der Waals surface area contributed by atoms with Crippen LogP contribution in [0.15, 0.2) is 24.3 Å². The van der Waals surface area contributed by atoms with E-state index in [-0.39, 0.29) is 6.04 Å². The summed E-state index contributed by atoms with van der Waals surface area (Å²) < 4.78 is 10.9. The van der Waals surface area contributed by atoms with E-state index in [9.17, 15) is 0 Å². The van der Waals surface area contributed by atoms with E-state index < -0.39 is 0 Å². The van der Waals surface area contributed by atoms with E-state index in [1.54, 1.807) is 0 Å². The van der Waals surface area contributed by atoms with E-state index in [2.05, 4.69) is 44.3 Å². The van der Waals surface area contributed by atoms with Crippen molar-refractivity contribution in [2.45, 2.75) is 26.8 Å². The first-order valence-corrected chi connectivity index (χ1v) is 7.70. The van der Waals surface area contributed by atoms with Gasteiger partial charge in [-0.25, -0.2) is 0 Å². The van der Waals surface area contributed by atoms with Gasteiger partial charge in [-0.1, -0.05) is 13.0 Å². The Kier molecular flexibility index (Phi) is 3.68. The van der Waals surface area contributed by atoms with Crippen LogP contribution in [0.2, 0.25) is 0 Å². The van der Waals surface area contributed by atoms with Crippen LogP contribution in [0.1, 0.15) is 33.8 Å². The summed E-state index contributed by atoms with van der Waals surface area (Å²) in [6.07, 6.45) is 0. The average molecular weight is 289 g/mol. The molecule has 0 saturated heterocycles. The van der Waals surface area contributed by atoms with E-state index in [1.807, 2.05) is 17.4 Å². The van der Waals surface area contributed by atoms with E-state index in [4.69, 9.17) is 9.47 Å². The molecule has 1 atom stereocenters. The van der Waals surface area contributed by atoms with Crippen LogP contribution < -0.4 is 14.8 Å². The number of rotatable bonds is 4. The molecule has 0 bridgehead atoms. The molecule has 106 valence electrons. The van der Waals surface area contributed by atoms with E-state index >= 15 is 0 Å². The third kappa shape index (κ3) is 2.41. The quantitative estimate of drug-likeness (QED) is 0.929. The lowest BCUT2D eigenvalue weighted by Gasteiger charge is -2.19. The molecule has 2 heterocycles. The van der Waals surface area contributed by atoms with Gasteiger partial charge in [-0.15, -0.1) is 11.3 Å². The zero-order chi connectivity index (χ0) is 14.1. The van der Waals surface area contributed by atoms with Crippen molar-refractivity contribution in [3.05, 3.63) is 45.1 Å². The molecular weight excluding hydrogens is 270 g/mol. The molecule has 4 heteroatoms. The number of fused-ring (bicyclic) bond motifs is 1. The zero-order valence-electron chi connectivity index (χ0n) is 12.0. The molecule has 0 fully saturated rings. The van der Waals surface area contributed by atoms with Gasteiger partial charge in [-0.05, 0) is 49.7 Å². The van der Waals surface area contributed by atoms with Crippen LogP contribution in [0.3, 0.4) is 0 Å². The van der Waals surface area contributed by atoms with E-state index in [0.717, 1.165) is 18.0 Å². The van der Waals surface area contributed by atoms with E-state index in [1.165, 1.54) is 20.9 Å². The Morgan fingerprint density at radius 2 is 2.00 bits per heavy atom. The predicted molar refractivity (Wildman–Crippen MR) is 81.9 cm³/mol. The Balaban J connectivity index is 2.00. The second-order valence-corrected chi connectivity index (χ2v) is 6.43. The van der Waals surface area contributed by atoms with Crippen molar-refractivity contribution in [1.29, 1.82) is 0 Å². The molecule has 0 saturated carbocycles. The van der Waals surface area contributed by atoms with Crippen LogP contribution in [-0.2, 0) is 0 Å². The molecule has 3 rings (SSSR count). The van der Waals surface area contributed by atoms with Gasteiger partial charge >= 0.3 is 0 Å². The third-order valence-electron chi connectivity index (χ3n) is 3.53. The van der Waals surface area contributed by atoms with Crippen molar-refractivity contribution in [1.82, 2.24) is 5.32 Å². The molecular formula is C16H19NO2S. The summed E-state index contributed by atoms with van der Waals surface area (Å²) in [6, 6.07) is 8.68. The summed E-state index contributed by atoms with van der Waals surface area (Å²) >= 11 is 1.85. The van der Waals surface area contributed by atoms with Gasteiger partial charge in [0.05, 0.1) is 6.04 Å². The van der Waals surface area contributed by atoms with Crippen molar-refractivity contribution in [2.75, 3.05) is 13.3 Å². The van der Waals surface area contributed by atoms with Gasteiger partial charge in [0.1, 0.15) is 0 Å². The molecule has 0 amide bonds. The minimum Gasteiger partial charge on any atom is -0.454 e. The van der Waals surface area contributed by atoms with Gasteiger partial charge < -0.3 is 14.8 Å². The lowest BCUT2D eigenvalue weighted by molar-refractivity contribution is 0.174. The number of nitrogens with one attached hydrogen (secondary N) is 1. The highest BCUT2D eigenvalue weighted by atomic mass is 32.1. The van der Waals surface area contributed by atoms with Crippen molar-refractivity contribution in [3.63, 3.8) is 0 Å². The zero-order valence-corrected chi connectivity index (χ0v) is 12.8. The molecule has 1 aromatic carbocycles. The number of hydrogen-bond donors (Lipinski definition) is 1. The topological polar surface area (TPSA) is 30.5 Å². The van der Waals surface area contributed by atoms with Crippen LogP contribution in [0.4, 0.5) is 0 Å². The van der Waals surface area contributed by atoms with Crippen molar-refractivity contribution in [2.24, 2.45) is 0 Å². The van der Waals surface area contributed by atoms with Crippen LogP contribution in [0, 0.1) is 13.8 Å². The molecule has 0 spiro atoms. The maximum absolute atomic E-state index is 5.49. The van der Waals surface area contributed by atoms with Crippen molar-refractivity contribution >= 4 is 11.3 Å². The SMILES string of the molecule is CCNC(c1ccc2c(c1)OCO2)c1cc(C)sc1C. The monoisotopic (exact) mass is 289 g/mol. The summed E-state index contributed by atoms with van der Waals surface area (Å²) in [5, 5.41) is 3.57. The molecule has 0 aliphatic carbocycles. The summed E-state index contributed by atoms with van der Waals surface area (Å²) in [6.45, 7) is 7.72. The molecule has 2 aromatic rings. The second kappa shape index (κ2) is 5.46. The lowest BCUT2D eigenvalue weighted by atomic mass is 9.98. The first-order valence-electron chi connectivity index (χ1n) is 6.89. The highest BCUT2D eigenvalue weighted by Gasteiger charge is 2.21. The standard InChI is InChI=1S/C16H19NO2S/c1-4-17-16(13-7-10(2)20-11(13)3)12-5-6-14-15(8-12)19-9-18-14/h5-8,16-17H,4,9H2,1-3H3. The van der Waals surface area contributed by atoms with Gasteiger partial charge in [-0.3, -0.25) is 0 Å². The summed E-state index contributed by atoms with van der Waals surface area (Å²) in [4.78, 5) is 2.72. The van der Waals surface area contributed by atoms with Gasteiger partial charge in [-0.2, -0.15) is 0 Å². The number of ether oxygens (including phenoxy) is 2. The highest BCUT2D eigenvalue weighted by Crippen LogP contribution is 2.37. The normalized spacial score (nSPS) is 14.6. The highest BCUT2D eigenvalue weighted by molar-refractivity contribution is 7.12. The van der Waals surface area contributed by atoms with Crippen LogP contribution in [0.5, 0.6) is 11.5 Å². The Hall–Kier alpha value is -1.52. The molecule has 1 aliphatic heterocycles. The fraction of sp³-hybridized carbons (Fsp3) is 0.375. The van der Waals surface area contributed by atoms with Crippen LogP contribution >= 0.6 is 11.3 Å². The van der Waals surface area contributed by atoms with Gasteiger partial charge in [0.2, 0.25) is 6.79 Å². The number of hydrogen-bond acceptors (Lipinski definition) is 4. The molecule has 3 nitrogen and oxygen atoms in total. The minimum atomic E-state index is 0.208. The number of benzene rings is 1. The van der Waals surface area contributed by atoms with Crippen LogP contribution in [-0.4, -0.2) is 13.3 Å². The average Bonchev–Trinajstić information content (AvgIpc) is 3.01. The Morgan fingerprint density at radius 3 is 2.70 bits per heavy atom. The predicted octanol–water partition coefficient (Wildman–Crippen LogP) is 3.79. The van der Waals surface area contributed by atoms with E-state index in [0.29, 0.717) is 6.79 Å². The van der Waals surface area contributed by atoms with Crippen molar-refractivity contribution in [3.8, 4) is 11.5 Å². The maximum Gasteiger partial charge on any atom is 0.231 e. The Morgan fingerprint density at radius 1 is 1.20 bits per heavy atom. The summed E-state index contributed by atoms with van der Waals surface area (Å²) in [7, 11) is 0. The molecule has 0 radical (unpaired) electrons. The third-order valence-corrected chi connectivity index (χ3v) is 4.51. The van der Waals surface area contributed by atoms with Gasteiger partial charge in [0.25, 0.3) is 0 Å². The molecule has 1 aromatic heterocycles. The fourth-order valence-electron chi connectivity index (χ4n) is 2.64. The molecule has 1 unspecified atom stereocenters. The fourth-order valence-corrected chi connectivity index (χ4v) is 3.60. The molecule has 1 aliphatic rings. The molecule has 1 N–H and O–H groups in total. The smallest absolute Gasteiger partial charge is 0.231 e. The molecule has 20 heavy (non-hydrogen) atoms. The first-order chi connectivity index (χ1) is 9.69. The van der Waals surface area contributed by atoms with Crippen molar-refractivity contribution < 1.29 is 9.47 Å². The lowest BCUT2D eigenvalue weighted by Crippen LogP contribution is -2.22. The minimum absolute atomic E-state index is 0.208. The first kappa shape index (κ1) is 13.5. The van der Waals surface area contributed by atoms with Gasteiger partial charge in [0.15, 0.2) is 11.5 Å². The summed E-state index contributed by atoms with van der Waals surface area (Å²) in [5.74, 6) is 1.68. The maximum atomic E-state index is 5.49. The largest absolute Gasteiger partial charge is 0.454 e. The second-order valence-electron chi connectivity index (χ2n) is 4.97.